The van der Waals surface area contributed by atoms with E-state index in [1.165, 1.54) is 0 Å². The second-order valence-electron chi connectivity index (χ2n) is 6.08. The van der Waals surface area contributed by atoms with E-state index in [2.05, 4.69) is 31.3 Å². The highest BCUT2D eigenvalue weighted by molar-refractivity contribution is 5.85. The van der Waals surface area contributed by atoms with E-state index in [0.717, 1.165) is 37.1 Å². The summed E-state index contributed by atoms with van der Waals surface area (Å²) in [7, 11) is 1.65. The van der Waals surface area contributed by atoms with Crippen LogP contribution in [-0.4, -0.2) is 53.3 Å². The first-order valence-electron chi connectivity index (χ1n) is 8.04. The third-order valence-corrected chi connectivity index (χ3v) is 4.47. The molecule has 0 atom stereocenters. The maximum Gasteiger partial charge on any atom is 0.228 e. The molecule has 25 heavy (non-hydrogen) atoms. The fourth-order valence-corrected chi connectivity index (χ4v) is 3.04. The van der Waals surface area contributed by atoms with E-state index in [4.69, 9.17) is 4.74 Å². The molecule has 9 heteroatoms. The Kier molecular flexibility index (Phi) is 6.86. The van der Waals surface area contributed by atoms with Crippen molar-refractivity contribution in [3.63, 3.8) is 0 Å². The number of nitrogens with one attached hydrogen (secondary N) is 3. The van der Waals surface area contributed by atoms with Gasteiger partial charge in [-0.3, -0.25) is 4.79 Å². The fourth-order valence-electron chi connectivity index (χ4n) is 3.04. The molecule has 1 aromatic heterocycles. The van der Waals surface area contributed by atoms with Gasteiger partial charge in [0.2, 0.25) is 11.7 Å². The number of carbonyl (C=O) groups excluding carboxylic acids is 1. The number of aromatic amines is 1. The normalized spacial score (nSPS) is 16.0. The topological polar surface area (TPSA) is 105 Å². The summed E-state index contributed by atoms with van der Waals surface area (Å²) in [6.07, 6.45) is 1.59. The van der Waals surface area contributed by atoms with Crippen LogP contribution in [0.3, 0.4) is 0 Å². The lowest BCUT2D eigenvalue weighted by Crippen LogP contribution is -2.49. The highest BCUT2D eigenvalue weighted by atomic mass is 35.5. The van der Waals surface area contributed by atoms with Crippen molar-refractivity contribution in [2.45, 2.75) is 19.4 Å². The van der Waals surface area contributed by atoms with Crippen LogP contribution in [0.15, 0.2) is 24.3 Å². The minimum atomic E-state index is -0.426. The van der Waals surface area contributed by atoms with Gasteiger partial charge in [-0.2, -0.15) is 5.21 Å². The molecular formula is C16H23ClN6O2. The van der Waals surface area contributed by atoms with Crippen molar-refractivity contribution < 1.29 is 9.53 Å². The van der Waals surface area contributed by atoms with Crippen LogP contribution in [0.5, 0.6) is 0 Å². The van der Waals surface area contributed by atoms with Gasteiger partial charge >= 0.3 is 0 Å². The number of H-pyrrole nitrogens is 1. The van der Waals surface area contributed by atoms with E-state index in [1.54, 1.807) is 7.11 Å². The number of benzene rings is 1. The van der Waals surface area contributed by atoms with Crippen LogP contribution in [-0.2, 0) is 16.1 Å². The van der Waals surface area contributed by atoms with E-state index >= 15 is 0 Å². The SMILES string of the molecule is COCC1(C(=O)NCc2ccc(-c3nn[nH]n3)cc2)CCNCC1.Cl. The minimum absolute atomic E-state index is 0. The first-order valence-corrected chi connectivity index (χ1v) is 8.04. The molecule has 2 heterocycles. The molecule has 0 radical (unpaired) electrons. The molecule has 3 rings (SSSR count). The molecule has 2 aromatic rings. The van der Waals surface area contributed by atoms with Crippen molar-refractivity contribution in [2.24, 2.45) is 5.41 Å². The molecule has 0 aliphatic carbocycles. The summed E-state index contributed by atoms with van der Waals surface area (Å²) < 4.78 is 5.30. The first kappa shape index (κ1) is 19.3. The Hall–Kier alpha value is -2.03. The number of nitrogens with zero attached hydrogens (tertiary/aromatic N) is 3. The minimum Gasteiger partial charge on any atom is -0.384 e. The summed E-state index contributed by atoms with van der Waals surface area (Å²) in [5, 5.41) is 20.2. The van der Waals surface area contributed by atoms with E-state index in [0.29, 0.717) is 19.0 Å². The molecule has 0 bridgehead atoms. The van der Waals surface area contributed by atoms with Gasteiger partial charge < -0.3 is 15.4 Å². The number of hydrogen-bond acceptors (Lipinski definition) is 6. The van der Waals surface area contributed by atoms with Crippen LogP contribution in [0.1, 0.15) is 18.4 Å². The van der Waals surface area contributed by atoms with Gasteiger partial charge in [-0.05, 0) is 36.7 Å². The van der Waals surface area contributed by atoms with Crippen LogP contribution in [0, 0.1) is 5.41 Å². The first-order chi connectivity index (χ1) is 11.7. The van der Waals surface area contributed by atoms with Crippen LogP contribution in [0.4, 0.5) is 0 Å². The largest absolute Gasteiger partial charge is 0.384 e. The standard InChI is InChI=1S/C16H22N6O2.ClH/c1-24-11-16(6-8-17-9-7-16)15(23)18-10-12-2-4-13(5-3-12)14-19-21-22-20-14;/h2-5,17H,6-11H2,1H3,(H,18,23)(H,19,20,21,22);1H. The summed E-state index contributed by atoms with van der Waals surface area (Å²) in [6.45, 7) is 2.63. The van der Waals surface area contributed by atoms with Crippen molar-refractivity contribution in [3.05, 3.63) is 29.8 Å². The molecule has 1 aromatic carbocycles. The van der Waals surface area contributed by atoms with E-state index < -0.39 is 5.41 Å². The number of rotatable bonds is 6. The van der Waals surface area contributed by atoms with E-state index in [1.807, 2.05) is 24.3 Å². The van der Waals surface area contributed by atoms with E-state index in [9.17, 15) is 4.79 Å². The number of amides is 1. The quantitative estimate of drug-likeness (QED) is 0.702. The van der Waals surface area contributed by atoms with Gasteiger partial charge in [0, 0.05) is 19.2 Å². The molecule has 1 fully saturated rings. The molecule has 1 saturated heterocycles. The van der Waals surface area contributed by atoms with Crippen LogP contribution < -0.4 is 10.6 Å². The molecular weight excluding hydrogens is 344 g/mol. The molecule has 1 amide bonds. The predicted octanol–water partition coefficient (Wildman–Crippen LogP) is 0.921. The van der Waals surface area contributed by atoms with Crippen molar-refractivity contribution in [1.82, 2.24) is 31.3 Å². The Morgan fingerprint density at radius 3 is 2.60 bits per heavy atom. The van der Waals surface area contributed by atoms with Gasteiger partial charge in [-0.15, -0.1) is 22.6 Å². The van der Waals surface area contributed by atoms with Crippen LogP contribution in [0.25, 0.3) is 11.4 Å². The molecule has 8 nitrogen and oxygen atoms in total. The molecule has 0 saturated carbocycles. The summed E-state index contributed by atoms with van der Waals surface area (Å²) in [5.41, 5.74) is 1.48. The summed E-state index contributed by atoms with van der Waals surface area (Å²) >= 11 is 0. The second kappa shape index (κ2) is 8.89. The molecule has 1 aliphatic rings. The number of carbonyl (C=O) groups is 1. The van der Waals surface area contributed by atoms with Gasteiger partial charge in [0.25, 0.3) is 0 Å². The summed E-state index contributed by atoms with van der Waals surface area (Å²) in [6, 6.07) is 7.75. The van der Waals surface area contributed by atoms with Crippen LogP contribution >= 0.6 is 12.4 Å². The average Bonchev–Trinajstić information content (AvgIpc) is 3.16. The zero-order chi connectivity index (χ0) is 16.8. The van der Waals surface area contributed by atoms with Crippen molar-refractivity contribution in [1.29, 1.82) is 0 Å². The van der Waals surface area contributed by atoms with Crippen molar-refractivity contribution >= 4 is 18.3 Å². The van der Waals surface area contributed by atoms with E-state index in [-0.39, 0.29) is 18.3 Å². The molecule has 1 aliphatic heterocycles. The lowest BCUT2D eigenvalue weighted by Gasteiger charge is -2.35. The zero-order valence-corrected chi connectivity index (χ0v) is 14.9. The Morgan fingerprint density at radius 1 is 1.28 bits per heavy atom. The summed E-state index contributed by atoms with van der Waals surface area (Å²) in [5.74, 6) is 0.618. The fraction of sp³-hybridized carbons (Fsp3) is 0.500. The zero-order valence-electron chi connectivity index (χ0n) is 14.1. The number of methoxy groups -OCH3 is 1. The number of ether oxygens (including phenoxy) is 1. The highest BCUT2D eigenvalue weighted by Crippen LogP contribution is 2.29. The Morgan fingerprint density at radius 2 is 2.00 bits per heavy atom. The maximum atomic E-state index is 12.7. The monoisotopic (exact) mass is 366 g/mol. The van der Waals surface area contributed by atoms with Crippen LogP contribution in [0.2, 0.25) is 0 Å². The van der Waals surface area contributed by atoms with Gasteiger partial charge in [-0.25, -0.2) is 0 Å². The molecule has 0 unspecified atom stereocenters. The predicted molar refractivity (Wildman–Crippen MR) is 95.1 cm³/mol. The Balaban J connectivity index is 0.00000225. The maximum absolute atomic E-state index is 12.7. The van der Waals surface area contributed by atoms with Gasteiger partial charge in [0.1, 0.15) is 0 Å². The Bertz CT molecular complexity index is 650. The van der Waals surface area contributed by atoms with Crippen molar-refractivity contribution in [3.8, 4) is 11.4 Å². The number of tetrazole rings is 1. The lowest BCUT2D eigenvalue weighted by atomic mass is 9.78. The molecule has 0 spiro atoms. The molecule has 3 N–H and O–H groups in total. The lowest BCUT2D eigenvalue weighted by molar-refractivity contribution is -0.136. The smallest absolute Gasteiger partial charge is 0.228 e. The third-order valence-electron chi connectivity index (χ3n) is 4.47. The molecule has 136 valence electrons. The van der Waals surface area contributed by atoms with Gasteiger partial charge in [-0.1, -0.05) is 24.3 Å². The van der Waals surface area contributed by atoms with Gasteiger partial charge in [0.15, 0.2) is 0 Å². The number of aromatic nitrogens is 4. The number of halogens is 1. The summed E-state index contributed by atoms with van der Waals surface area (Å²) in [4.78, 5) is 12.7. The van der Waals surface area contributed by atoms with Gasteiger partial charge in [0.05, 0.1) is 12.0 Å². The number of piperidine rings is 1. The highest BCUT2D eigenvalue weighted by Gasteiger charge is 2.39. The Labute approximate surface area is 152 Å². The third kappa shape index (κ3) is 4.53. The number of hydrogen-bond donors (Lipinski definition) is 3. The second-order valence-corrected chi connectivity index (χ2v) is 6.08. The average molecular weight is 367 g/mol. The van der Waals surface area contributed by atoms with Crippen molar-refractivity contribution in [2.75, 3.05) is 26.8 Å².